The minimum absolute atomic E-state index is 0.0497. The normalized spacial score (nSPS) is 18.0. The van der Waals surface area contributed by atoms with Gasteiger partial charge in [0.15, 0.2) is 0 Å². The Bertz CT molecular complexity index is 872. The summed E-state index contributed by atoms with van der Waals surface area (Å²) in [5.74, 6) is -0.107. The lowest BCUT2D eigenvalue weighted by Gasteiger charge is -2.30. The van der Waals surface area contributed by atoms with Gasteiger partial charge < -0.3 is 15.6 Å². The first kappa shape index (κ1) is 14.8. The van der Waals surface area contributed by atoms with Crippen molar-refractivity contribution < 1.29 is 4.79 Å². The highest BCUT2D eigenvalue weighted by Gasteiger charge is 2.23. The van der Waals surface area contributed by atoms with Crippen LogP contribution in [0.3, 0.4) is 0 Å². The molecule has 3 N–H and O–H groups in total. The Labute approximate surface area is 138 Å². The molecular weight excluding hydrogens is 304 g/mol. The number of carbonyl (C=O) groups excluding carboxylic acids is 1. The van der Waals surface area contributed by atoms with E-state index in [2.05, 4.69) is 19.9 Å². The fourth-order valence-corrected chi connectivity index (χ4v) is 3.10. The van der Waals surface area contributed by atoms with Gasteiger partial charge in [-0.3, -0.25) is 9.78 Å². The van der Waals surface area contributed by atoms with Crippen molar-refractivity contribution in [1.82, 2.24) is 24.8 Å². The number of nitrogens with zero attached hydrogens (tertiary/aromatic N) is 4. The number of carbonyl (C=O) groups is 1. The number of fused-ring (bicyclic) bond motifs is 1. The van der Waals surface area contributed by atoms with Gasteiger partial charge in [0.05, 0.1) is 18.1 Å². The molecule has 0 saturated carbocycles. The Kier molecular flexibility index (Phi) is 3.70. The van der Waals surface area contributed by atoms with Gasteiger partial charge in [0.2, 0.25) is 0 Å². The molecule has 7 heteroatoms. The van der Waals surface area contributed by atoms with E-state index in [0.29, 0.717) is 17.9 Å². The number of nitrogens with two attached hydrogens (primary N) is 1. The molecule has 0 aromatic carbocycles. The Morgan fingerprint density at radius 3 is 3.00 bits per heavy atom. The van der Waals surface area contributed by atoms with Crippen LogP contribution in [0.15, 0.2) is 36.9 Å². The fourth-order valence-electron chi connectivity index (χ4n) is 3.10. The Hall–Kier alpha value is -2.80. The Morgan fingerprint density at radius 1 is 1.29 bits per heavy atom. The van der Waals surface area contributed by atoms with Crippen molar-refractivity contribution >= 4 is 16.9 Å². The van der Waals surface area contributed by atoms with Crippen molar-refractivity contribution in [2.75, 3.05) is 13.1 Å². The molecule has 7 nitrogen and oxygen atoms in total. The van der Waals surface area contributed by atoms with Crippen LogP contribution in [0, 0.1) is 0 Å². The third-order valence-corrected chi connectivity index (χ3v) is 4.34. The van der Waals surface area contributed by atoms with Crippen molar-refractivity contribution in [3.8, 4) is 11.3 Å². The van der Waals surface area contributed by atoms with Crippen molar-refractivity contribution in [2.45, 2.75) is 18.9 Å². The number of aromatic nitrogens is 4. The number of nitrogens with one attached hydrogen (secondary N) is 1. The monoisotopic (exact) mass is 322 g/mol. The van der Waals surface area contributed by atoms with Crippen molar-refractivity contribution in [3.63, 3.8) is 0 Å². The molecule has 4 rings (SSSR count). The predicted molar refractivity (Wildman–Crippen MR) is 90.2 cm³/mol. The van der Waals surface area contributed by atoms with Gasteiger partial charge in [0.1, 0.15) is 11.3 Å². The summed E-state index contributed by atoms with van der Waals surface area (Å²) in [6.45, 7) is 1.31. The van der Waals surface area contributed by atoms with Gasteiger partial charge >= 0.3 is 0 Å². The summed E-state index contributed by atoms with van der Waals surface area (Å²) < 4.78 is 0. The van der Waals surface area contributed by atoms with E-state index in [9.17, 15) is 4.79 Å². The number of H-pyrrole nitrogens is 1. The summed E-state index contributed by atoms with van der Waals surface area (Å²) in [6, 6.07) is 3.91. The van der Waals surface area contributed by atoms with E-state index in [-0.39, 0.29) is 11.9 Å². The molecule has 0 spiro atoms. The highest BCUT2D eigenvalue weighted by atomic mass is 16.2. The van der Waals surface area contributed by atoms with Gasteiger partial charge in [-0.15, -0.1) is 0 Å². The van der Waals surface area contributed by atoms with Crippen molar-refractivity contribution in [3.05, 3.63) is 42.6 Å². The molecule has 3 aromatic rings. The van der Waals surface area contributed by atoms with Crippen LogP contribution in [0.4, 0.5) is 0 Å². The third-order valence-electron chi connectivity index (χ3n) is 4.34. The maximum atomic E-state index is 12.5. The molecule has 0 aliphatic carbocycles. The topological polar surface area (TPSA) is 101 Å². The van der Waals surface area contributed by atoms with Crippen molar-refractivity contribution in [1.29, 1.82) is 0 Å². The van der Waals surface area contributed by atoms with Gasteiger partial charge in [0.25, 0.3) is 5.91 Å². The van der Waals surface area contributed by atoms with Crippen molar-refractivity contribution in [2.24, 2.45) is 5.73 Å². The van der Waals surface area contributed by atoms with Gasteiger partial charge in [-0.05, 0) is 25.0 Å². The van der Waals surface area contributed by atoms with Crippen LogP contribution in [0.1, 0.15) is 23.3 Å². The summed E-state index contributed by atoms with van der Waals surface area (Å²) in [5, 5.41) is 0.980. The minimum atomic E-state index is -0.107. The van der Waals surface area contributed by atoms with Crippen LogP contribution in [0.5, 0.6) is 0 Å². The molecule has 1 saturated heterocycles. The second kappa shape index (κ2) is 6.01. The first-order chi connectivity index (χ1) is 11.7. The summed E-state index contributed by atoms with van der Waals surface area (Å²) in [6.07, 6.45) is 8.65. The molecule has 1 unspecified atom stereocenters. The maximum Gasteiger partial charge on any atom is 0.274 e. The van der Waals surface area contributed by atoms with E-state index in [1.54, 1.807) is 17.3 Å². The zero-order valence-corrected chi connectivity index (χ0v) is 13.1. The van der Waals surface area contributed by atoms with Crippen LogP contribution in [0.25, 0.3) is 22.3 Å². The van der Waals surface area contributed by atoms with E-state index in [0.717, 1.165) is 36.0 Å². The number of rotatable bonds is 2. The van der Waals surface area contributed by atoms with E-state index in [1.807, 2.05) is 18.3 Å². The van der Waals surface area contributed by atoms with Gasteiger partial charge in [0, 0.05) is 42.5 Å². The van der Waals surface area contributed by atoms with Crippen LogP contribution in [-0.4, -0.2) is 49.9 Å². The smallest absolute Gasteiger partial charge is 0.274 e. The number of aromatic amines is 1. The van der Waals surface area contributed by atoms with E-state index in [1.165, 1.54) is 6.20 Å². The highest BCUT2D eigenvalue weighted by molar-refractivity contribution is 5.94. The lowest BCUT2D eigenvalue weighted by molar-refractivity contribution is 0.0702. The van der Waals surface area contributed by atoms with Crippen LogP contribution in [-0.2, 0) is 0 Å². The minimum Gasteiger partial charge on any atom is -0.345 e. The molecule has 4 heterocycles. The number of hydrogen-bond acceptors (Lipinski definition) is 5. The Balaban J connectivity index is 1.59. The maximum absolute atomic E-state index is 12.5. The largest absolute Gasteiger partial charge is 0.345 e. The SMILES string of the molecule is NC1CCCN(C(=O)c2cnc(-c3c[nH]c4ncccc34)cn2)C1. The number of hydrogen-bond donors (Lipinski definition) is 2. The molecule has 0 radical (unpaired) electrons. The Morgan fingerprint density at radius 2 is 2.21 bits per heavy atom. The standard InChI is InChI=1S/C17H18N6O/c18-11-3-2-6-23(10-11)17(24)15-9-20-14(8-21-15)13-7-22-16-12(13)4-1-5-19-16/h1,4-5,7-9,11H,2-3,6,10,18H2,(H,19,22). The van der Waals surface area contributed by atoms with E-state index in [4.69, 9.17) is 5.73 Å². The lowest BCUT2D eigenvalue weighted by Crippen LogP contribution is -2.45. The number of amides is 1. The number of likely N-dealkylation sites (tertiary alicyclic amines) is 1. The second-order valence-electron chi connectivity index (χ2n) is 6.04. The molecular formula is C17H18N6O. The summed E-state index contributed by atoms with van der Waals surface area (Å²) >= 11 is 0. The molecule has 0 bridgehead atoms. The number of piperidine rings is 1. The van der Waals surface area contributed by atoms with Crippen LogP contribution >= 0.6 is 0 Å². The lowest BCUT2D eigenvalue weighted by atomic mass is 10.1. The fraction of sp³-hybridized carbons (Fsp3) is 0.294. The van der Waals surface area contributed by atoms with Gasteiger partial charge in [-0.25, -0.2) is 9.97 Å². The molecule has 1 amide bonds. The molecule has 1 aliphatic heterocycles. The second-order valence-corrected chi connectivity index (χ2v) is 6.04. The third kappa shape index (κ3) is 2.63. The average Bonchev–Trinajstić information content (AvgIpc) is 3.05. The molecule has 1 aliphatic rings. The van der Waals surface area contributed by atoms with Crippen LogP contribution in [0.2, 0.25) is 0 Å². The zero-order chi connectivity index (χ0) is 16.5. The highest BCUT2D eigenvalue weighted by Crippen LogP contribution is 2.25. The summed E-state index contributed by atoms with van der Waals surface area (Å²) in [4.78, 5) is 30.4. The first-order valence-corrected chi connectivity index (χ1v) is 8.02. The molecule has 1 fully saturated rings. The van der Waals surface area contributed by atoms with E-state index >= 15 is 0 Å². The summed E-state index contributed by atoms with van der Waals surface area (Å²) in [7, 11) is 0. The van der Waals surface area contributed by atoms with Crippen LogP contribution < -0.4 is 5.73 Å². The summed E-state index contributed by atoms with van der Waals surface area (Å²) in [5.41, 5.74) is 8.73. The average molecular weight is 322 g/mol. The quantitative estimate of drug-likeness (QED) is 0.746. The zero-order valence-electron chi connectivity index (χ0n) is 13.1. The molecule has 122 valence electrons. The molecule has 1 atom stereocenters. The first-order valence-electron chi connectivity index (χ1n) is 8.02. The predicted octanol–water partition coefficient (Wildman–Crippen LogP) is 1.58. The van der Waals surface area contributed by atoms with E-state index < -0.39 is 0 Å². The number of pyridine rings is 1. The molecule has 24 heavy (non-hydrogen) atoms. The molecule has 3 aromatic heterocycles. The van der Waals surface area contributed by atoms with Gasteiger partial charge in [-0.1, -0.05) is 0 Å². The van der Waals surface area contributed by atoms with Gasteiger partial charge in [-0.2, -0.15) is 0 Å².